The van der Waals surface area contributed by atoms with Gasteiger partial charge in [0, 0.05) is 35.4 Å². The molecule has 0 spiro atoms. The van der Waals surface area contributed by atoms with E-state index in [4.69, 9.17) is 17.0 Å². The molecule has 2 N–H and O–H groups in total. The van der Waals surface area contributed by atoms with Gasteiger partial charge in [0.05, 0.1) is 36.8 Å². The van der Waals surface area contributed by atoms with Gasteiger partial charge in [-0.15, -0.1) is 0 Å². The number of hydrogen-bond acceptors (Lipinski definition) is 5. The van der Waals surface area contributed by atoms with E-state index in [2.05, 4.69) is 58.3 Å². The normalized spacial score (nSPS) is 18.1. The third kappa shape index (κ3) is 4.85. The highest BCUT2D eigenvalue weighted by Crippen LogP contribution is 2.45. The number of rotatable bonds is 7. The van der Waals surface area contributed by atoms with Crippen molar-refractivity contribution >= 4 is 38.7 Å². The molecule has 1 aliphatic rings. The fourth-order valence-electron chi connectivity index (χ4n) is 4.96. The number of hydrogen-bond donors (Lipinski definition) is 2. The van der Waals surface area contributed by atoms with Gasteiger partial charge in [-0.1, -0.05) is 6.07 Å². The van der Waals surface area contributed by atoms with Crippen molar-refractivity contribution in [3.63, 3.8) is 0 Å². The van der Waals surface area contributed by atoms with Crippen LogP contribution in [0, 0.1) is 13.8 Å². The Hall–Kier alpha value is -3.11. The maximum absolute atomic E-state index is 11.8. The van der Waals surface area contributed by atoms with E-state index in [-0.39, 0.29) is 12.1 Å². The number of sulfonamides is 1. The second-order valence-electron chi connectivity index (χ2n) is 9.05. The molecule has 1 aliphatic heterocycles. The first-order chi connectivity index (χ1) is 16.5. The highest BCUT2D eigenvalue weighted by molar-refractivity contribution is 7.92. The lowest BCUT2D eigenvalue weighted by molar-refractivity contribution is 0.417. The Bertz CT molecular complexity index is 1350. The molecule has 2 atom stereocenters. The average molecular weight is 514 g/mol. The first-order valence-corrected chi connectivity index (χ1v) is 13.7. The molecule has 8 nitrogen and oxygen atoms in total. The van der Waals surface area contributed by atoms with Gasteiger partial charge < -0.3 is 19.5 Å². The molecule has 35 heavy (non-hydrogen) atoms. The third-order valence-corrected chi connectivity index (χ3v) is 7.12. The van der Waals surface area contributed by atoms with Crippen LogP contribution in [0.5, 0.6) is 5.75 Å². The van der Waals surface area contributed by atoms with Gasteiger partial charge in [-0.3, -0.25) is 9.71 Å². The summed E-state index contributed by atoms with van der Waals surface area (Å²) in [6.07, 6.45) is 2.89. The second-order valence-corrected chi connectivity index (χ2v) is 11.2. The van der Waals surface area contributed by atoms with Crippen LogP contribution < -0.4 is 19.7 Å². The van der Waals surface area contributed by atoms with Crippen molar-refractivity contribution < 1.29 is 13.2 Å². The summed E-state index contributed by atoms with van der Waals surface area (Å²) in [7, 11) is -1.95. The predicted molar refractivity (Wildman–Crippen MR) is 144 cm³/mol. The SMILES string of the molecule is COc1cc(N2C(=S)N[C@H](c3ccccn3)[C@@H]2c2cc(C)n(C(C)C)c2C)ccc1NS(C)(=O)=O. The molecule has 0 bridgehead atoms. The molecular formula is C25H31N5O3S2. The number of pyridine rings is 1. The molecule has 3 aromatic rings. The summed E-state index contributed by atoms with van der Waals surface area (Å²) in [6, 6.07) is 13.4. The van der Waals surface area contributed by atoms with E-state index in [1.165, 1.54) is 18.5 Å². The lowest BCUT2D eigenvalue weighted by atomic mass is 9.96. The number of ether oxygens (including phenoxy) is 1. The molecule has 0 radical (unpaired) electrons. The van der Waals surface area contributed by atoms with E-state index >= 15 is 0 Å². The van der Waals surface area contributed by atoms with Crippen molar-refractivity contribution in [2.45, 2.75) is 45.8 Å². The number of methoxy groups -OCH3 is 1. The molecule has 0 unspecified atom stereocenters. The van der Waals surface area contributed by atoms with E-state index in [9.17, 15) is 8.42 Å². The summed E-state index contributed by atoms with van der Waals surface area (Å²) < 4.78 is 34.0. The summed E-state index contributed by atoms with van der Waals surface area (Å²) in [6.45, 7) is 8.60. The molecule has 0 saturated carbocycles. The summed E-state index contributed by atoms with van der Waals surface area (Å²) in [4.78, 5) is 6.69. The van der Waals surface area contributed by atoms with Crippen molar-refractivity contribution in [1.82, 2.24) is 14.9 Å². The Kier molecular flexibility index (Phi) is 6.79. The predicted octanol–water partition coefficient (Wildman–Crippen LogP) is 4.64. The van der Waals surface area contributed by atoms with E-state index < -0.39 is 10.0 Å². The van der Waals surface area contributed by atoms with Crippen molar-refractivity contribution in [3.05, 3.63) is 71.3 Å². The molecule has 1 saturated heterocycles. The fourth-order valence-corrected chi connectivity index (χ4v) is 5.87. The average Bonchev–Trinajstić information content (AvgIpc) is 3.28. The number of benzene rings is 1. The van der Waals surface area contributed by atoms with Gasteiger partial charge >= 0.3 is 0 Å². The minimum Gasteiger partial charge on any atom is -0.494 e. The molecule has 3 heterocycles. The van der Waals surface area contributed by atoms with E-state index in [0.29, 0.717) is 22.6 Å². The zero-order valence-electron chi connectivity index (χ0n) is 20.7. The van der Waals surface area contributed by atoms with Crippen LogP contribution in [0.3, 0.4) is 0 Å². The van der Waals surface area contributed by atoms with Crippen LogP contribution in [0.15, 0.2) is 48.7 Å². The lowest BCUT2D eigenvalue weighted by Crippen LogP contribution is -2.29. The van der Waals surface area contributed by atoms with Crippen LogP contribution in [0.25, 0.3) is 0 Å². The third-order valence-electron chi connectivity index (χ3n) is 6.22. The summed E-state index contributed by atoms with van der Waals surface area (Å²) in [5.74, 6) is 0.406. The minimum absolute atomic E-state index is 0.172. The highest BCUT2D eigenvalue weighted by Gasteiger charge is 2.42. The van der Waals surface area contributed by atoms with Gasteiger partial charge in [-0.2, -0.15) is 0 Å². The first-order valence-electron chi connectivity index (χ1n) is 11.4. The van der Waals surface area contributed by atoms with Crippen molar-refractivity contribution in [2.75, 3.05) is 23.0 Å². The number of anilines is 2. The van der Waals surface area contributed by atoms with E-state index in [0.717, 1.165) is 23.2 Å². The van der Waals surface area contributed by atoms with E-state index in [1.807, 2.05) is 24.3 Å². The van der Waals surface area contributed by atoms with Crippen LogP contribution in [-0.4, -0.2) is 36.4 Å². The number of nitrogens with one attached hydrogen (secondary N) is 2. The molecule has 0 amide bonds. The fraction of sp³-hybridized carbons (Fsp3) is 0.360. The molecule has 2 aromatic heterocycles. The van der Waals surface area contributed by atoms with Crippen molar-refractivity contribution in [2.24, 2.45) is 0 Å². The van der Waals surface area contributed by atoms with Crippen molar-refractivity contribution in [3.8, 4) is 5.75 Å². The van der Waals surface area contributed by atoms with Crippen LogP contribution in [-0.2, 0) is 10.0 Å². The topological polar surface area (TPSA) is 88.5 Å². The van der Waals surface area contributed by atoms with Crippen molar-refractivity contribution in [1.29, 1.82) is 0 Å². The summed E-state index contributed by atoms with van der Waals surface area (Å²) >= 11 is 5.84. The maximum atomic E-state index is 11.8. The lowest BCUT2D eigenvalue weighted by Gasteiger charge is -2.29. The van der Waals surface area contributed by atoms with E-state index in [1.54, 1.807) is 18.3 Å². The minimum atomic E-state index is -3.46. The molecule has 10 heteroatoms. The molecule has 1 aromatic carbocycles. The Morgan fingerprint density at radius 1 is 1.17 bits per heavy atom. The van der Waals surface area contributed by atoms with Gasteiger partial charge in [0.15, 0.2) is 5.11 Å². The van der Waals surface area contributed by atoms with Crippen LogP contribution >= 0.6 is 12.2 Å². The molecule has 0 aliphatic carbocycles. The number of thiocarbonyl (C=S) groups is 1. The Labute approximate surface area is 212 Å². The summed E-state index contributed by atoms with van der Waals surface area (Å²) in [5, 5.41) is 4.04. The number of aryl methyl sites for hydroxylation is 1. The second kappa shape index (κ2) is 9.50. The standard InChI is InChI=1S/C25H31N5O3S2/c1-15(2)29-16(3)13-19(17(29)4)24-23(21-9-7-8-12-26-21)27-25(34)30(24)18-10-11-20(22(14-18)33-5)28-35(6,31)32/h7-15,23-24,28H,1-6H3,(H,27,34)/t23-,24+/m1/s1. The summed E-state index contributed by atoms with van der Waals surface area (Å²) in [5.41, 5.74) is 5.54. The molecule has 1 fully saturated rings. The monoisotopic (exact) mass is 513 g/mol. The maximum Gasteiger partial charge on any atom is 0.229 e. The van der Waals surface area contributed by atoms with Gasteiger partial charge in [-0.05, 0) is 75.8 Å². The highest BCUT2D eigenvalue weighted by atomic mass is 32.2. The zero-order valence-corrected chi connectivity index (χ0v) is 22.4. The number of aromatic nitrogens is 2. The molecule has 4 rings (SSSR count). The molecule has 186 valence electrons. The van der Waals surface area contributed by atoms with Crippen LogP contribution in [0.4, 0.5) is 11.4 Å². The quantitative estimate of drug-likeness (QED) is 0.445. The van der Waals surface area contributed by atoms with Gasteiger partial charge in [0.25, 0.3) is 0 Å². The first kappa shape index (κ1) is 25.0. The van der Waals surface area contributed by atoms with Gasteiger partial charge in [0.1, 0.15) is 5.75 Å². The van der Waals surface area contributed by atoms with Crippen LogP contribution in [0.1, 0.15) is 54.6 Å². The van der Waals surface area contributed by atoms with Gasteiger partial charge in [0.2, 0.25) is 10.0 Å². The van der Waals surface area contributed by atoms with Crippen LogP contribution in [0.2, 0.25) is 0 Å². The van der Waals surface area contributed by atoms with Gasteiger partial charge in [-0.25, -0.2) is 8.42 Å². The Morgan fingerprint density at radius 2 is 1.91 bits per heavy atom. The molecular weight excluding hydrogens is 482 g/mol. The zero-order chi connectivity index (χ0) is 25.5. The Balaban J connectivity index is 1.87. The largest absolute Gasteiger partial charge is 0.494 e. The smallest absolute Gasteiger partial charge is 0.229 e. The Morgan fingerprint density at radius 3 is 2.49 bits per heavy atom. The number of nitrogens with zero attached hydrogens (tertiary/aromatic N) is 3.